The standard InChI is InChI=1S/C35H35N2O/c1-20-12-13-25-26(16-20)21(2)29-32-30-24(14-15-37(32)8)23-11-9-10-22(18-35(6,7)19-36)27(23)17-28(30)38-33(29)31(25)34(3,4)5/h9-17H,18H2,1-8H3/q+1. The van der Waals surface area contributed by atoms with Crippen molar-refractivity contribution in [1.82, 2.24) is 0 Å². The molecule has 1 aliphatic rings. The molecule has 0 unspecified atom stereocenters. The molecular formula is C35H35N2O+. The molecule has 0 saturated carbocycles. The summed E-state index contributed by atoms with van der Waals surface area (Å²) in [5.74, 6) is 1.86. The van der Waals surface area contributed by atoms with Gasteiger partial charge in [0.1, 0.15) is 18.5 Å². The molecule has 0 fully saturated rings. The van der Waals surface area contributed by atoms with E-state index in [-0.39, 0.29) is 5.41 Å². The number of benzene rings is 4. The van der Waals surface area contributed by atoms with Crippen LogP contribution < -0.4 is 9.30 Å². The molecule has 0 aliphatic carbocycles. The van der Waals surface area contributed by atoms with Crippen LogP contribution in [-0.2, 0) is 18.9 Å². The number of rotatable bonds is 2. The summed E-state index contributed by atoms with van der Waals surface area (Å²) in [6.07, 6.45) is 2.87. The van der Waals surface area contributed by atoms with Crippen LogP contribution in [0.25, 0.3) is 43.6 Å². The van der Waals surface area contributed by atoms with Crippen LogP contribution in [0.15, 0.2) is 54.7 Å². The van der Waals surface area contributed by atoms with E-state index in [0.29, 0.717) is 6.42 Å². The van der Waals surface area contributed by atoms with Gasteiger partial charge < -0.3 is 4.74 Å². The van der Waals surface area contributed by atoms with Gasteiger partial charge in [-0.25, -0.2) is 4.57 Å². The Labute approximate surface area is 225 Å². The first kappa shape index (κ1) is 24.4. The summed E-state index contributed by atoms with van der Waals surface area (Å²) in [6.45, 7) is 15.2. The van der Waals surface area contributed by atoms with E-state index in [1.165, 1.54) is 55.1 Å². The van der Waals surface area contributed by atoms with Gasteiger partial charge in [-0.2, -0.15) is 5.26 Å². The van der Waals surface area contributed by atoms with E-state index < -0.39 is 5.41 Å². The van der Waals surface area contributed by atoms with Crippen LogP contribution >= 0.6 is 0 Å². The third-order valence-electron chi connectivity index (χ3n) is 8.14. The van der Waals surface area contributed by atoms with E-state index in [1.807, 2.05) is 13.8 Å². The molecule has 3 nitrogen and oxygen atoms in total. The fraction of sp³-hybridized carbons (Fsp3) is 0.314. The molecule has 4 aromatic carbocycles. The molecule has 0 amide bonds. The van der Waals surface area contributed by atoms with Crippen molar-refractivity contribution < 1.29 is 9.30 Å². The van der Waals surface area contributed by atoms with Gasteiger partial charge in [-0.15, -0.1) is 0 Å². The van der Waals surface area contributed by atoms with Crippen molar-refractivity contribution in [2.75, 3.05) is 0 Å². The smallest absolute Gasteiger partial charge is 0.228 e. The van der Waals surface area contributed by atoms with E-state index >= 15 is 0 Å². The largest absolute Gasteiger partial charge is 0.455 e. The van der Waals surface area contributed by atoms with Crippen molar-refractivity contribution in [2.24, 2.45) is 12.5 Å². The first-order valence-electron chi connectivity index (χ1n) is 13.4. The van der Waals surface area contributed by atoms with Crippen LogP contribution in [0.4, 0.5) is 0 Å². The van der Waals surface area contributed by atoms with E-state index in [4.69, 9.17) is 4.74 Å². The maximum Gasteiger partial charge on any atom is 0.228 e. The molecule has 190 valence electrons. The van der Waals surface area contributed by atoms with Crippen molar-refractivity contribution >= 4 is 32.3 Å². The third kappa shape index (κ3) is 3.51. The van der Waals surface area contributed by atoms with Crippen molar-refractivity contribution in [3.8, 4) is 28.8 Å². The highest BCUT2D eigenvalue weighted by Crippen LogP contribution is 2.54. The number of hydrogen-bond donors (Lipinski definition) is 0. The fourth-order valence-electron chi connectivity index (χ4n) is 6.38. The lowest BCUT2D eigenvalue weighted by molar-refractivity contribution is -0.659. The number of hydrogen-bond acceptors (Lipinski definition) is 2. The second-order valence-corrected chi connectivity index (χ2v) is 12.7. The molecule has 5 aromatic rings. The third-order valence-corrected chi connectivity index (χ3v) is 8.14. The molecule has 1 aromatic heterocycles. The van der Waals surface area contributed by atoms with Crippen LogP contribution in [0.3, 0.4) is 0 Å². The zero-order valence-electron chi connectivity index (χ0n) is 23.7. The van der Waals surface area contributed by atoms with Gasteiger partial charge in [-0.3, -0.25) is 0 Å². The Morgan fingerprint density at radius 3 is 2.34 bits per heavy atom. The SMILES string of the molecule is Cc1ccc2c(C(C)(C)C)c3c(c(C)c2c1)-c1c2c(cc4c(CC(C)(C)C#N)cccc4c2cc[n+]1C)O3. The number of nitriles is 1. The van der Waals surface area contributed by atoms with Crippen molar-refractivity contribution in [3.63, 3.8) is 0 Å². The maximum absolute atomic E-state index is 9.74. The van der Waals surface area contributed by atoms with Gasteiger partial charge in [0.2, 0.25) is 5.69 Å². The van der Waals surface area contributed by atoms with Crippen molar-refractivity contribution in [2.45, 2.75) is 60.3 Å². The lowest BCUT2D eigenvalue weighted by Gasteiger charge is -2.31. The molecule has 2 heterocycles. The van der Waals surface area contributed by atoms with Gasteiger partial charge in [-0.05, 0) is 78.3 Å². The minimum Gasteiger partial charge on any atom is -0.455 e. The van der Waals surface area contributed by atoms with Crippen LogP contribution in [0.5, 0.6) is 11.5 Å². The van der Waals surface area contributed by atoms with Crippen LogP contribution in [0.2, 0.25) is 0 Å². The normalized spacial score (nSPS) is 13.0. The fourth-order valence-corrected chi connectivity index (χ4v) is 6.38. The molecule has 38 heavy (non-hydrogen) atoms. The number of aromatic nitrogens is 1. The van der Waals surface area contributed by atoms with E-state index in [0.717, 1.165) is 22.3 Å². The summed E-state index contributed by atoms with van der Waals surface area (Å²) < 4.78 is 9.28. The van der Waals surface area contributed by atoms with Gasteiger partial charge in [0.25, 0.3) is 0 Å². The van der Waals surface area contributed by atoms with Crippen LogP contribution in [0.1, 0.15) is 56.9 Å². The summed E-state index contributed by atoms with van der Waals surface area (Å²) in [5.41, 5.74) is 6.77. The zero-order chi connectivity index (χ0) is 27.1. The second kappa shape index (κ2) is 8.05. The molecule has 0 spiro atoms. The van der Waals surface area contributed by atoms with Crippen molar-refractivity contribution in [3.05, 3.63) is 77.0 Å². The van der Waals surface area contributed by atoms with Crippen LogP contribution in [0, 0.1) is 30.6 Å². The van der Waals surface area contributed by atoms with Gasteiger partial charge in [-0.1, -0.05) is 62.7 Å². The van der Waals surface area contributed by atoms with Gasteiger partial charge >= 0.3 is 0 Å². The predicted molar refractivity (Wildman–Crippen MR) is 157 cm³/mol. The summed E-state index contributed by atoms with van der Waals surface area (Å²) in [5, 5.41) is 17.0. The molecular weight excluding hydrogens is 464 g/mol. The van der Waals surface area contributed by atoms with E-state index in [9.17, 15) is 5.26 Å². The molecule has 0 bridgehead atoms. The van der Waals surface area contributed by atoms with Crippen LogP contribution in [-0.4, -0.2) is 0 Å². The number of aryl methyl sites for hydroxylation is 3. The zero-order valence-corrected chi connectivity index (χ0v) is 23.7. The lowest BCUT2D eigenvalue weighted by atomic mass is 9.78. The topological polar surface area (TPSA) is 36.9 Å². The number of nitrogens with zero attached hydrogens (tertiary/aromatic N) is 2. The summed E-state index contributed by atoms with van der Waals surface area (Å²) in [7, 11) is 2.14. The molecule has 6 rings (SSSR count). The monoisotopic (exact) mass is 499 g/mol. The first-order valence-corrected chi connectivity index (χ1v) is 13.4. The summed E-state index contributed by atoms with van der Waals surface area (Å²) in [4.78, 5) is 0. The van der Waals surface area contributed by atoms with Gasteiger partial charge in [0.15, 0.2) is 6.20 Å². The Kier molecular flexibility index (Phi) is 5.18. The minimum absolute atomic E-state index is 0.117. The Morgan fingerprint density at radius 2 is 1.63 bits per heavy atom. The summed E-state index contributed by atoms with van der Waals surface area (Å²) >= 11 is 0. The van der Waals surface area contributed by atoms with Gasteiger partial charge in [0, 0.05) is 17.0 Å². The predicted octanol–water partition coefficient (Wildman–Crippen LogP) is 8.75. The maximum atomic E-state index is 9.74. The highest BCUT2D eigenvalue weighted by molar-refractivity contribution is 6.17. The molecule has 1 aliphatic heterocycles. The van der Waals surface area contributed by atoms with E-state index in [2.05, 4.69) is 107 Å². The Hall–Kier alpha value is -3.90. The molecule has 3 heteroatoms. The first-order chi connectivity index (χ1) is 17.9. The number of fused-ring (bicyclic) bond motifs is 5. The second-order valence-electron chi connectivity index (χ2n) is 12.7. The molecule has 0 atom stereocenters. The van der Waals surface area contributed by atoms with E-state index in [1.54, 1.807) is 0 Å². The lowest BCUT2D eigenvalue weighted by Crippen LogP contribution is -2.32. The average molecular weight is 500 g/mol. The highest BCUT2D eigenvalue weighted by Gasteiger charge is 2.36. The Balaban J connectivity index is 1.78. The molecule has 0 N–H and O–H groups in total. The molecule has 0 saturated heterocycles. The minimum atomic E-state index is -0.449. The summed E-state index contributed by atoms with van der Waals surface area (Å²) in [6, 6.07) is 20.2. The quantitative estimate of drug-likeness (QED) is 0.176. The van der Waals surface area contributed by atoms with Crippen molar-refractivity contribution in [1.29, 1.82) is 5.26 Å². The number of ether oxygens (including phenoxy) is 1. The number of pyridine rings is 1. The Morgan fingerprint density at radius 1 is 0.868 bits per heavy atom. The molecule has 0 radical (unpaired) electrons. The highest BCUT2D eigenvalue weighted by atomic mass is 16.5. The average Bonchev–Trinajstić information content (AvgIpc) is 2.85. The van der Waals surface area contributed by atoms with Gasteiger partial charge in [0.05, 0.1) is 22.4 Å². The Bertz CT molecular complexity index is 1860.